The first kappa shape index (κ1) is 87.1. The van der Waals surface area contributed by atoms with Gasteiger partial charge in [-0.3, -0.25) is 37.3 Å². The van der Waals surface area contributed by atoms with Crippen LogP contribution in [-0.4, -0.2) is 96.7 Å². The number of esters is 4. The van der Waals surface area contributed by atoms with Gasteiger partial charge in [-0.15, -0.1) is 0 Å². The van der Waals surface area contributed by atoms with E-state index in [2.05, 4.69) is 34.6 Å². The van der Waals surface area contributed by atoms with Gasteiger partial charge in [-0.2, -0.15) is 0 Å². The first-order valence-corrected chi connectivity index (χ1v) is 39.6. The van der Waals surface area contributed by atoms with E-state index >= 15 is 0 Å². The smallest absolute Gasteiger partial charge is 0.462 e. The average Bonchev–Trinajstić information content (AvgIpc) is 3.58. The summed E-state index contributed by atoms with van der Waals surface area (Å²) in [7, 11) is -9.90. The van der Waals surface area contributed by atoms with E-state index in [0.29, 0.717) is 31.6 Å². The Morgan fingerprint density at radius 1 is 0.303 bits per heavy atom. The Hall–Kier alpha value is -1.94. The van der Waals surface area contributed by atoms with Gasteiger partial charge in [0.2, 0.25) is 0 Å². The summed E-state index contributed by atoms with van der Waals surface area (Å²) < 4.78 is 68.3. The van der Waals surface area contributed by atoms with E-state index in [-0.39, 0.29) is 25.7 Å². The zero-order valence-electron chi connectivity index (χ0n) is 57.6. The summed E-state index contributed by atoms with van der Waals surface area (Å²) in [5.74, 6) is -1.42. The Labute approximate surface area is 543 Å². The lowest BCUT2D eigenvalue weighted by molar-refractivity contribution is -0.161. The lowest BCUT2D eigenvalue weighted by atomic mass is 10.0. The molecule has 0 saturated carbocycles. The van der Waals surface area contributed by atoms with Gasteiger partial charge in [-0.25, -0.2) is 9.13 Å². The van der Waals surface area contributed by atoms with Crippen LogP contribution in [-0.2, 0) is 65.4 Å². The number of carbonyl (C=O) groups excluding carboxylic acids is 4. The number of aliphatic hydroxyl groups excluding tert-OH is 1. The number of unbranched alkanes of at least 4 members (excludes halogenated alkanes) is 42. The van der Waals surface area contributed by atoms with E-state index in [1.54, 1.807) is 0 Å². The van der Waals surface area contributed by atoms with Crippen LogP contribution in [0.3, 0.4) is 0 Å². The van der Waals surface area contributed by atoms with Crippen molar-refractivity contribution in [2.24, 2.45) is 5.92 Å². The quantitative estimate of drug-likeness (QED) is 0.0222. The van der Waals surface area contributed by atoms with Crippen molar-refractivity contribution in [3.63, 3.8) is 0 Å². The Morgan fingerprint density at radius 2 is 0.517 bits per heavy atom. The molecule has 0 rings (SSSR count). The molecule has 528 valence electrons. The summed E-state index contributed by atoms with van der Waals surface area (Å²) in [4.78, 5) is 72.5. The van der Waals surface area contributed by atoms with E-state index in [9.17, 15) is 43.2 Å². The predicted octanol–water partition coefficient (Wildman–Crippen LogP) is 20.1. The minimum atomic E-state index is -4.95. The summed E-state index contributed by atoms with van der Waals surface area (Å²) in [6.45, 7) is 7.19. The van der Waals surface area contributed by atoms with Gasteiger partial charge < -0.3 is 33.8 Å². The molecule has 0 spiro atoms. The fraction of sp³-hybridized carbons (Fsp3) is 0.943. The van der Waals surface area contributed by atoms with Crippen molar-refractivity contribution in [1.29, 1.82) is 0 Å². The number of aliphatic hydroxyl groups is 1. The topological polar surface area (TPSA) is 237 Å². The lowest BCUT2D eigenvalue weighted by Gasteiger charge is -2.21. The van der Waals surface area contributed by atoms with E-state index in [4.69, 9.17) is 37.0 Å². The van der Waals surface area contributed by atoms with Crippen molar-refractivity contribution in [2.75, 3.05) is 39.6 Å². The second-order valence-electron chi connectivity index (χ2n) is 25.7. The van der Waals surface area contributed by atoms with Crippen LogP contribution >= 0.6 is 15.6 Å². The van der Waals surface area contributed by atoms with E-state index in [0.717, 1.165) is 96.3 Å². The summed E-state index contributed by atoms with van der Waals surface area (Å²) in [6, 6.07) is 0. The van der Waals surface area contributed by atoms with E-state index in [1.807, 2.05) is 0 Å². The van der Waals surface area contributed by atoms with Gasteiger partial charge >= 0.3 is 39.5 Å². The third kappa shape index (κ3) is 64.6. The van der Waals surface area contributed by atoms with Gasteiger partial charge in [0.1, 0.15) is 19.3 Å². The molecule has 0 aliphatic rings. The maximum absolute atomic E-state index is 13.0. The standard InChI is InChI=1S/C70H136O17P2/c1-6-9-12-15-18-21-24-26-27-28-29-32-35-40-46-51-56-70(75)86-65(59-80-67(72)53-48-43-38-33-31-25-22-19-16-13-10-7-2)61-84-88(76,77)82-57-64(71)58-83-89(78,79)85-62-66(60-81-68(73)54-49-44-41-36-37-42-47-52-63(4)5)87-69(74)55-50-45-39-34-30-23-20-17-14-11-8-3/h63-66,71H,6-62H2,1-5H3,(H,76,77)(H,78,79)/t64-,65-,66-/m1/s1. The maximum Gasteiger partial charge on any atom is 0.472 e. The highest BCUT2D eigenvalue weighted by Gasteiger charge is 2.30. The predicted molar refractivity (Wildman–Crippen MR) is 358 cm³/mol. The molecule has 0 aromatic rings. The highest BCUT2D eigenvalue weighted by molar-refractivity contribution is 7.47. The van der Waals surface area contributed by atoms with Gasteiger partial charge in [0.15, 0.2) is 12.2 Å². The molecule has 0 aromatic carbocycles. The van der Waals surface area contributed by atoms with Gasteiger partial charge in [0.05, 0.1) is 26.4 Å². The monoisotopic (exact) mass is 1310 g/mol. The summed E-state index contributed by atoms with van der Waals surface area (Å²) in [5.41, 5.74) is 0. The van der Waals surface area contributed by atoms with Gasteiger partial charge in [0.25, 0.3) is 0 Å². The number of phosphoric acid groups is 2. The molecule has 17 nitrogen and oxygen atoms in total. The van der Waals surface area contributed by atoms with Crippen LogP contribution in [0, 0.1) is 5.92 Å². The molecule has 5 atom stereocenters. The number of rotatable bonds is 70. The normalized spacial score (nSPS) is 14.1. The first-order valence-electron chi connectivity index (χ1n) is 36.6. The molecule has 0 fully saturated rings. The van der Waals surface area contributed by atoms with Crippen molar-refractivity contribution >= 4 is 39.5 Å². The highest BCUT2D eigenvalue weighted by atomic mass is 31.2. The van der Waals surface area contributed by atoms with Gasteiger partial charge in [0, 0.05) is 25.7 Å². The molecule has 0 aliphatic carbocycles. The molecule has 0 heterocycles. The van der Waals surface area contributed by atoms with Gasteiger partial charge in [-0.1, -0.05) is 311 Å². The first-order chi connectivity index (χ1) is 43.0. The van der Waals surface area contributed by atoms with Crippen LogP contribution in [0.2, 0.25) is 0 Å². The fourth-order valence-corrected chi connectivity index (χ4v) is 12.2. The van der Waals surface area contributed by atoms with Crippen LogP contribution in [0.15, 0.2) is 0 Å². The second-order valence-corrected chi connectivity index (χ2v) is 28.7. The van der Waals surface area contributed by atoms with Crippen LogP contribution < -0.4 is 0 Å². The maximum atomic E-state index is 13.0. The van der Waals surface area contributed by atoms with Crippen molar-refractivity contribution in [2.45, 2.75) is 380 Å². The molecule has 0 radical (unpaired) electrons. The van der Waals surface area contributed by atoms with Crippen LogP contribution in [0.4, 0.5) is 0 Å². The van der Waals surface area contributed by atoms with Crippen LogP contribution in [0.1, 0.15) is 362 Å². The van der Waals surface area contributed by atoms with Crippen molar-refractivity contribution in [3.8, 4) is 0 Å². The molecular weight excluding hydrogens is 1170 g/mol. The Bertz CT molecular complexity index is 1720. The van der Waals surface area contributed by atoms with Crippen molar-refractivity contribution in [3.05, 3.63) is 0 Å². The molecule has 19 heteroatoms. The number of phosphoric ester groups is 2. The highest BCUT2D eigenvalue weighted by Crippen LogP contribution is 2.45. The second kappa shape index (κ2) is 63.5. The largest absolute Gasteiger partial charge is 0.472 e. The average molecular weight is 1310 g/mol. The van der Waals surface area contributed by atoms with E-state index in [1.165, 1.54) is 180 Å². The molecule has 0 saturated heterocycles. The molecule has 2 unspecified atom stereocenters. The molecule has 0 amide bonds. The molecule has 0 bridgehead atoms. The summed E-state index contributed by atoms with van der Waals surface area (Å²) in [6.07, 6.45) is 49.9. The molecule has 0 aromatic heterocycles. The van der Waals surface area contributed by atoms with Crippen molar-refractivity contribution < 1.29 is 80.2 Å². The van der Waals surface area contributed by atoms with Crippen LogP contribution in [0.5, 0.6) is 0 Å². The number of carbonyl (C=O) groups is 4. The fourth-order valence-electron chi connectivity index (χ4n) is 10.6. The Balaban J connectivity index is 5.23. The molecule has 0 aliphatic heterocycles. The third-order valence-corrected chi connectivity index (χ3v) is 18.2. The van der Waals surface area contributed by atoms with Crippen molar-refractivity contribution in [1.82, 2.24) is 0 Å². The number of ether oxygens (including phenoxy) is 4. The van der Waals surface area contributed by atoms with E-state index < -0.39 is 97.5 Å². The molecular formula is C70H136O17P2. The Kier molecular flexibility index (Phi) is 62.1. The third-order valence-electron chi connectivity index (χ3n) is 16.3. The zero-order valence-corrected chi connectivity index (χ0v) is 59.4. The SMILES string of the molecule is CCCCCCCCCCCCCCCCCCC(=O)O[C@H](COC(=O)CCCCCCCCCCCCCC)COP(=O)(O)OC[C@@H](O)COP(=O)(O)OC[C@@H](COC(=O)CCCCCCCCCC(C)C)OC(=O)CCCCCCCCCCCCC. The number of hydrogen-bond acceptors (Lipinski definition) is 15. The lowest BCUT2D eigenvalue weighted by Crippen LogP contribution is -2.30. The minimum absolute atomic E-state index is 0.106. The Morgan fingerprint density at radius 3 is 0.764 bits per heavy atom. The summed E-state index contributed by atoms with van der Waals surface area (Å²) in [5, 5.41) is 10.6. The zero-order chi connectivity index (χ0) is 65.6. The minimum Gasteiger partial charge on any atom is -0.462 e. The summed E-state index contributed by atoms with van der Waals surface area (Å²) >= 11 is 0. The number of hydrogen-bond donors (Lipinski definition) is 3. The van der Waals surface area contributed by atoms with Crippen LogP contribution in [0.25, 0.3) is 0 Å². The van der Waals surface area contributed by atoms with Gasteiger partial charge in [-0.05, 0) is 31.6 Å². The molecule has 3 N–H and O–H groups in total. The molecule has 89 heavy (non-hydrogen) atoms.